The van der Waals surface area contributed by atoms with E-state index in [9.17, 15) is 4.79 Å². The normalized spacial score (nSPS) is 14.7. The SMILES string of the molecule is CCn1c(SCCn2c(=O)oc3ccccc32)nnc1C1CC1. The number of oxazole rings is 1. The molecular weight excluding hydrogens is 312 g/mol. The molecule has 6 nitrogen and oxygen atoms in total. The predicted octanol–water partition coefficient (Wildman–Crippen LogP) is 2.88. The van der Waals surface area contributed by atoms with E-state index in [0.717, 1.165) is 28.8 Å². The Morgan fingerprint density at radius 2 is 2.09 bits per heavy atom. The summed E-state index contributed by atoms with van der Waals surface area (Å²) in [6.45, 7) is 3.60. The van der Waals surface area contributed by atoms with E-state index in [2.05, 4.69) is 21.7 Å². The molecule has 1 aromatic carbocycles. The van der Waals surface area contributed by atoms with E-state index >= 15 is 0 Å². The van der Waals surface area contributed by atoms with Crippen molar-refractivity contribution >= 4 is 22.9 Å². The number of fused-ring (bicyclic) bond motifs is 1. The van der Waals surface area contributed by atoms with Crippen LogP contribution in [0.25, 0.3) is 11.1 Å². The topological polar surface area (TPSA) is 65.8 Å². The minimum atomic E-state index is -0.303. The fourth-order valence-corrected chi connectivity index (χ4v) is 3.73. The van der Waals surface area contributed by atoms with E-state index in [1.807, 2.05) is 24.3 Å². The zero-order chi connectivity index (χ0) is 15.8. The summed E-state index contributed by atoms with van der Waals surface area (Å²) in [5.74, 6) is 2.16. The Hall–Kier alpha value is -2.02. The van der Waals surface area contributed by atoms with Crippen LogP contribution >= 0.6 is 11.8 Å². The fourth-order valence-electron chi connectivity index (χ4n) is 2.80. The van der Waals surface area contributed by atoms with Crippen molar-refractivity contribution in [1.29, 1.82) is 0 Å². The zero-order valence-electron chi connectivity index (χ0n) is 12.9. The summed E-state index contributed by atoms with van der Waals surface area (Å²) < 4.78 is 9.13. The lowest BCUT2D eigenvalue weighted by atomic mass is 10.3. The number of benzene rings is 1. The highest BCUT2D eigenvalue weighted by Gasteiger charge is 2.29. The van der Waals surface area contributed by atoms with E-state index < -0.39 is 0 Å². The summed E-state index contributed by atoms with van der Waals surface area (Å²) in [5, 5.41) is 9.59. The van der Waals surface area contributed by atoms with E-state index in [4.69, 9.17) is 4.42 Å². The molecule has 0 amide bonds. The molecule has 3 aromatic rings. The third-order valence-corrected chi connectivity index (χ3v) is 5.07. The van der Waals surface area contributed by atoms with Crippen molar-refractivity contribution in [2.45, 2.75) is 43.9 Å². The first kappa shape index (κ1) is 14.6. The number of aromatic nitrogens is 4. The van der Waals surface area contributed by atoms with Crippen LogP contribution < -0.4 is 5.76 Å². The van der Waals surface area contributed by atoms with Gasteiger partial charge in [0.25, 0.3) is 0 Å². The van der Waals surface area contributed by atoms with Gasteiger partial charge in [-0.2, -0.15) is 0 Å². The highest BCUT2D eigenvalue weighted by atomic mass is 32.2. The van der Waals surface area contributed by atoms with Gasteiger partial charge in [0.1, 0.15) is 5.82 Å². The van der Waals surface area contributed by atoms with Gasteiger partial charge in [-0.15, -0.1) is 10.2 Å². The highest BCUT2D eigenvalue weighted by molar-refractivity contribution is 7.99. The second-order valence-electron chi connectivity index (χ2n) is 5.70. The third kappa shape index (κ3) is 2.69. The molecule has 2 heterocycles. The van der Waals surface area contributed by atoms with Crippen molar-refractivity contribution in [3.8, 4) is 0 Å². The van der Waals surface area contributed by atoms with E-state index in [-0.39, 0.29) is 5.76 Å². The highest BCUT2D eigenvalue weighted by Crippen LogP contribution is 2.39. The molecule has 1 aliphatic rings. The van der Waals surface area contributed by atoms with Crippen LogP contribution in [0.3, 0.4) is 0 Å². The molecule has 1 saturated carbocycles. The summed E-state index contributed by atoms with van der Waals surface area (Å²) in [5.41, 5.74) is 1.48. The van der Waals surface area contributed by atoms with Crippen LogP contribution in [0.5, 0.6) is 0 Å². The van der Waals surface area contributed by atoms with Crippen LogP contribution in [0.2, 0.25) is 0 Å². The van der Waals surface area contributed by atoms with E-state index in [0.29, 0.717) is 18.0 Å². The Balaban J connectivity index is 1.49. The first-order valence-electron chi connectivity index (χ1n) is 7.92. The minimum absolute atomic E-state index is 0.303. The average molecular weight is 330 g/mol. The van der Waals surface area contributed by atoms with Gasteiger partial charge in [0.2, 0.25) is 0 Å². The van der Waals surface area contributed by atoms with Gasteiger partial charge in [0.05, 0.1) is 5.52 Å². The Labute approximate surface area is 137 Å². The van der Waals surface area contributed by atoms with Crippen molar-refractivity contribution in [3.63, 3.8) is 0 Å². The molecule has 0 bridgehead atoms. The van der Waals surface area contributed by atoms with Crippen molar-refractivity contribution in [3.05, 3.63) is 40.6 Å². The molecule has 0 saturated heterocycles. The molecule has 0 unspecified atom stereocenters. The first-order valence-corrected chi connectivity index (χ1v) is 8.90. The molecule has 0 atom stereocenters. The maximum Gasteiger partial charge on any atom is 0.419 e. The number of hydrogen-bond donors (Lipinski definition) is 0. The fraction of sp³-hybridized carbons (Fsp3) is 0.438. The summed E-state index contributed by atoms with van der Waals surface area (Å²) in [7, 11) is 0. The molecular formula is C16H18N4O2S. The molecule has 1 fully saturated rings. The number of rotatable bonds is 6. The Morgan fingerprint density at radius 1 is 1.26 bits per heavy atom. The van der Waals surface area contributed by atoms with Gasteiger partial charge in [-0.25, -0.2) is 4.79 Å². The Bertz CT molecular complexity index is 891. The molecule has 7 heteroatoms. The number of para-hydroxylation sites is 2. The zero-order valence-corrected chi connectivity index (χ0v) is 13.8. The molecule has 1 aliphatic carbocycles. The van der Waals surface area contributed by atoms with Crippen molar-refractivity contribution < 1.29 is 4.42 Å². The Morgan fingerprint density at radius 3 is 2.87 bits per heavy atom. The molecule has 4 rings (SSSR count). The lowest BCUT2D eigenvalue weighted by molar-refractivity contribution is 0.514. The molecule has 0 radical (unpaired) electrons. The largest absolute Gasteiger partial charge is 0.419 e. The molecule has 0 N–H and O–H groups in total. The number of nitrogens with zero attached hydrogens (tertiary/aromatic N) is 4. The molecule has 2 aromatic heterocycles. The first-order chi connectivity index (χ1) is 11.3. The maximum atomic E-state index is 12.0. The Kier molecular flexibility index (Phi) is 3.72. The third-order valence-electron chi connectivity index (χ3n) is 4.12. The van der Waals surface area contributed by atoms with Crippen LogP contribution in [0, 0.1) is 0 Å². The second kappa shape index (κ2) is 5.88. The lowest BCUT2D eigenvalue weighted by Gasteiger charge is -2.06. The van der Waals surface area contributed by atoms with Crippen LogP contribution in [0.15, 0.2) is 38.6 Å². The molecule has 23 heavy (non-hydrogen) atoms. The van der Waals surface area contributed by atoms with Crippen molar-refractivity contribution in [2.24, 2.45) is 0 Å². The number of aryl methyl sites for hydroxylation is 1. The molecule has 0 spiro atoms. The molecule has 120 valence electrons. The van der Waals surface area contributed by atoms with Gasteiger partial charge in [-0.05, 0) is 31.9 Å². The van der Waals surface area contributed by atoms with Gasteiger partial charge in [-0.3, -0.25) is 4.57 Å². The lowest BCUT2D eigenvalue weighted by Crippen LogP contribution is -2.15. The van der Waals surface area contributed by atoms with Crippen molar-refractivity contribution in [2.75, 3.05) is 5.75 Å². The van der Waals surface area contributed by atoms with Crippen molar-refractivity contribution in [1.82, 2.24) is 19.3 Å². The second-order valence-corrected chi connectivity index (χ2v) is 6.76. The van der Waals surface area contributed by atoms with Crippen LogP contribution in [-0.2, 0) is 13.1 Å². The van der Waals surface area contributed by atoms with Gasteiger partial charge in [-0.1, -0.05) is 23.9 Å². The number of thioether (sulfide) groups is 1. The summed E-state index contributed by atoms with van der Waals surface area (Å²) >= 11 is 1.64. The van der Waals surface area contributed by atoms with Gasteiger partial charge < -0.3 is 8.98 Å². The maximum absolute atomic E-state index is 12.0. The van der Waals surface area contributed by atoms with Crippen LogP contribution in [0.1, 0.15) is 31.5 Å². The van der Waals surface area contributed by atoms with Gasteiger partial charge in [0, 0.05) is 24.8 Å². The summed E-state index contributed by atoms with van der Waals surface area (Å²) in [4.78, 5) is 12.0. The van der Waals surface area contributed by atoms with Crippen LogP contribution in [-0.4, -0.2) is 25.1 Å². The molecule has 0 aliphatic heterocycles. The number of hydrogen-bond acceptors (Lipinski definition) is 5. The van der Waals surface area contributed by atoms with Crippen LogP contribution in [0.4, 0.5) is 0 Å². The van der Waals surface area contributed by atoms with Gasteiger partial charge >= 0.3 is 5.76 Å². The monoisotopic (exact) mass is 330 g/mol. The van der Waals surface area contributed by atoms with E-state index in [1.165, 1.54) is 12.8 Å². The average Bonchev–Trinajstić information content (AvgIpc) is 3.25. The quantitative estimate of drug-likeness (QED) is 0.650. The van der Waals surface area contributed by atoms with E-state index in [1.54, 1.807) is 16.3 Å². The van der Waals surface area contributed by atoms with Gasteiger partial charge in [0.15, 0.2) is 10.7 Å². The smallest absolute Gasteiger partial charge is 0.408 e. The minimum Gasteiger partial charge on any atom is -0.408 e. The standard InChI is InChI=1S/C16H18N4O2S/c1-2-19-14(11-7-8-11)17-18-15(19)23-10-9-20-12-5-3-4-6-13(12)22-16(20)21/h3-6,11H,2,7-10H2,1H3. The predicted molar refractivity (Wildman–Crippen MR) is 88.9 cm³/mol. The summed E-state index contributed by atoms with van der Waals surface area (Å²) in [6.07, 6.45) is 2.44. The summed E-state index contributed by atoms with van der Waals surface area (Å²) in [6, 6.07) is 7.50.